The van der Waals surface area contributed by atoms with Crippen molar-refractivity contribution in [1.29, 1.82) is 0 Å². The smallest absolute Gasteiger partial charge is 0.0266 e. The summed E-state index contributed by atoms with van der Waals surface area (Å²) in [6.45, 7) is 13.6. The van der Waals surface area contributed by atoms with E-state index in [0.29, 0.717) is 5.41 Å². The summed E-state index contributed by atoms with van der Waals surface area (Å²) < 4.78 is 0. The first-order valence-electron chi connectivity index (χ1n) is 6.71. The predicted octanol–water partition coefficient (Wildman–Crippen LogP) is 5.05. The predicted molar refractivity (Wildman–Crippen MR) is 68.9 cm³/mol. The molecule has 0 heterocycles. The van der Waals surface area contributed by atoms with Crippen LogP contribution in [0.2, 0.25) is 0 Å². The van der Waals surface area contributed by atoms with Crippen LogP contribution in [0.1, 0.15) is 59.8 Å². The van der Waals surface area contributed by atoms with Gasteiger partial charge in [0.1, 0.15) is 0 Å². The molecule has 0 saturated heterocycles. The van der Waals surface area contributed by atoms with Crippen LogP contribution in [0.15, 0.2) is 12.7 Å². The summed E-state index contributed by atoms with van der Waals surface area (Å²) in [5, 5.41) is 0. The molecule has 1 unspecified atom stereocenters. The largest absolute Gasteiger partial charge is 0.103 e. The van der Waals surface area contributed by atoms with E-state index in [1.54, 1.807) is 0 Å². The van der Waals surface area contributed by atoms with Crippen molar-refractivity contribution in [3.05, 3.63) is 12.7 Å². The van der Waals surface area contributed by atoms with E-state index in [1.165, 1.54) is 32.1 Å². The summed E-state index contributed by atoms with van der Waals surface area (Å²) in [6.07, 6.45) is 8.87. The van der Waals surface area contributed by atoms with Crippen molar-refractivity contribution < 1.29 is 0 Å². The van der Waals surface area contributed by atoms with Gasteiger partial charge in [-0.15, -0.1) is 6.58 Å². The summed E-state index contributed by atoms with van der Waals surface area (Å²) in [7, 11) is 0. The summed E-state index contributed by atoms with van der Waals surface area (Å²) in [5.41, 5.74) is 0.573. The molecule has 0 aromatic rings. The van der Waals surface area contributed by atoms with Crippen molar-refractivity contribution in [1.82, 2.24) is 0 Å². The minimum Gasteiger partial charge on any atom is -0.103 e. The molecule has 0 aromatic carbocycles. The van der Waals surface area contributed by atoms with Crippen LogP contribution in [0, 0.1) is 23.2 Å². The van der Waals surface area contributed by atoms with E-state index in [2.05, 4.69) is 40.3 Å². The molecule has 0 radical (unpaired) electrons. The van der Waals surface area contributed by atoms with Crippen LogP contribution < -0.4 is 0 Å². The Morgan fingerprint density at radius 2 is 2.07 bits per heavy atom. The zero-order chi connectivity index (χ0) is 11.5. The third-order valence-electron chi connectivity index (χ3n) is 5.15. The Morgan fingerprint density at radius 1 is 1.40 bits per heavy atom. The lowest BCUT2D eigenvalue weighted by Crippen LogP contribution is -2.31. The Morgan fingerprint density at radius 3 is 2.53 bits per heavy atom. The number of hydrogen-bond donors (Lipinski definition) is 0. The maximum absolute atomic E-state index is 3.91. The molecule has 0 heteroatoms. The van der Waals surface area contributed by atoms with Gasteiger partial charge in [-0.1, -0.05) is 46.6 Å². The molecule has 0 spiro atoms. The maximum Gasteiger partial charge on any atom is -0.0266 e. The van der Waals surface area contributed by atoms with E-state index in [-0.39, 0.29) is 0 Å². The molecule has 88 valence electrons. The van der Waals surface area contributed by atoms with Crippen LogP contribution in [0.4, 0.5) is 0 Å². The van der Waals surface area contributed by atoms with Gasteiger partial charge in [-0.05, 0) is 42.4 Å². The minimum atomic E-state index is 0.573. The fraction of sp³-hybridized carbons (Fsp3) is 0.867. The average Bonchev–Trinajstić information content (AvgIpc) is 2.57. The Labute approximate surface area is 96.2 Å². The van der Waals surface area contributed by atoms with E-state index < -0.39 is 0 Å². The highest BCUT2D eigenvalue weighted by Gasteiger charge is 2.45. The van der Waals surface area contributed by atoms with Crippen molar-refractivity contribution in [3.8, 4) is 0 Å². The average molecular weight is 208 g/mol. The molecule has 1 aliphatic rings. The summed E-state index contributed by atoms with van der Waals surface area (Å²) >= 11 is 0. The standard InChI is InChI=1S/C15H28/c1-6-9-13-10-11-14(12(4)7-2)15(13,5)8-3/h6,12-14H,1,7-11H2,2-5H3/t12?,13-,14+,15+/m0/s1. The normalized spacial score (nSPS) is 37.9. The first-order chi connectivity index (χ1) is 7.10. The van der Waals surface area contributed by atoms with Crippen molar-refractivity contribution in [3.63, 3.8) is 0 Å². The van der Waals surface area contributed by atoms with Crippen molar-refractivity contribution in [2.75, 3.05) is 0 Å². The van der Waals surface area contributed by atoms with Gasteiger partial charge < -0.3 is 0 Å². The Hall–Kier alpha value is -0.260. The second-order valence-corrected chi connectivity index (χ2v) is 5.65. The fourth-order valence-electron chi connectivity index (χ4n) is 3.70. The van der Waals surface area contributed by atoms with Gasteiger partial charge in [0.15, 0.2) is 0 Å². The number of rotatable bonds is 5. The van der Waals surface area contributed by atoms with Crippen LogP contribution in [0.25, 0.3) is 0 Å². The first-order valence-corrected chi connectivity index (χ1v) is 6.71. The van der Waals surface area contributed by atoms with Crippen molar-refractivity contribution in [2.24, 2.45) is 23.2 Å². The van der Waals surface area contributed by atoms with Gasteiger partial charge in [-0.2, -0.15) is 0 Å². The molecule has 1 saturated carbocycles. The summed E-state index contributed by atoms with van der Waals surface area (Å²) in [4.78, 5) is 0. The van der Waals surface area contributed by atoms with Crippen LogP contribution in [-0.2, 0) is 0 Å². The Kier molecular flexibility index (Phi) is 4.43. The van der Waals surface area contributed by atoms with Gasteiger partial charge in [0.2, 0.25) is 0 Å². The van der Waals surface area contributed by atoms with E-state index in [4.69, 9.17) is 0 Å². The highest BCUT2D eigenvalue weighted by Crippen LogP contribution is 2.54. The van der Waals surface area contributed by atoms with E-state index in [1.807, 2.05) is 0 Å². The Bertz CT molecular complexity index is 206. The number of allylic oxidation sites excluding steroid dienone is 1. The summed E-state index contributed by atoms with van der Waals surface area (Å²) in [6, 6.07) is 0. The topological polar surface area (TPSA) is 0 Å². The fourth-order valence-corrected chi connectivity index (χ4v) is 3.70. The molecule has 0 amide bonds. The maximum atomic E-state index is 3.91. The third kappa shape index (κ3) is 2.29. The van der Waals surface area contributed by atoms with E-state index in [0.717, 1.165) is 17.8 Å². The monoisotopic (exact) mass is 208 g/mol. The molecule has 1 aliphatic carbocycles. The van der Waals surface area contributed by atoms with Gasteiger partial charge in [-0.25, -0.2) is 0 Å². The van der Waals surface area contributed by atoms with Gasteiger partial charge >= 0.3 is 0 Å². The lowest BCUT2D eigenvalue weighted by atomic mass is 9.66. The SMILES string of the molecule is C=CC[C@H]1CC[C@H](C(C)CC)[C@]1(C)CC. The summed E-state index contributed by atoms with van der Waals surface area (Å²) in [5.74, 6) is 2.72. The van der Waals surface area contributed by atoms with Crippen LogP contribution >= 0.6 is 0 Å². The highest BCUT2D eigenvalue weighted by atomic mass is 14.5. The first kappa shape index (κ1) is 12.8. The molecule has 0 N–H and O–H groups in total. The van der Waals surface area contributed by atoms with Crippen LogP contribution in [0.5, 0.6) is 0 Å². The molecular formula is C15H28. The van der Waals surface area contributed by atoms with Crippen LogP contribution in [-0.4, -0.2) is 0 Å². The number of hydrogen-bond acceptors (Lipinski definition) is 0. The molecular weight excluding hydrogens is 180 g/mol. The molecule has 0 aliphatic heterocycles. The highest BCUT2D eigenvalue weighted by molar-refractivity contribution is 4.97. The lowest BCUT2D eigenvalue weighted by Gasteiger charge is -2.39. The second-order valence-electron chi connectivity index (χ2n) is 5.65. The van der Waals surface area contributed by atoms with Crippen LogP contribution in [0.3, 0.4) is 0 Å². The zero-order valence-corrected chi connectivity index (χ0v) is 11.1. The van der Waals surface area contributed by atoms with Gasteiger partial charge in [0.25, 0.3) is 0 Å². The Balaban J connectivity index is 2.79. The molecule has 0 bridgehead atoms. The van der Waals surface area contributed by atoms with Gasteiger partial charge in [-0.3, -0.25) is 0 Å². The molecule has 1 fully saturated rings. The molecule has 0 nitrogen and oxygen atoms in total. The van der Waals surface area contributed by atoms with Crippen molar-refractivity contribution in [2.45, 2.75) is 59.8 Å². The molecule has 0 aromatic heterocycles. The van der Waals surface area contributed by atoms with Gasteiger partial charge in [0, 0.05) is 0 Å². The van der Waals surface area contributed by atoms with Gasteiger partial charge in [0.05, 0.1) is 0 Å². The third-order valence-corrected chi connectivity index (χ3v) is 5.15. The lowest BCUT2D eigenvalue weighted by molar-refractivity contribution is 0.107. The van der Waals surface area contributed by atoms with E-state index in [9.17, 15) is 0 Å². The molecule has 15 heavy (non-hydrogen) atoms. The quantitative estimate of drug-likeness (QED) is 0.555. The van der Waals surface area contributed by atoms with E-state index >= 15 is 0 Å². The molecule has 1 rings (SSSR count). The zero-order valence-electron chi connectivity index (χ0n) is 11.1. The van der Waals surface area contributed by atoms with Crippen molar-refractivity contribution >= 4 is 0 Å². The minimum absolute atomic E-state index is 0.573. The second kappa shape index (κ2) is 5.18. The molecule has 4 atom stereocenters.